The van der Waals surface area contributed by atoms with E-state index in [-0.39, 0.29) is 22.8 Å². The van der Waals surface area contributed by atoms with E-state index >= 15 is 0 Å². The number of rotatable bonds is 4. The molecule has 0 fully saturated rings. The minimum atomic E-state index is -4.63. The number of allylic oxidation sites excluding steroid dienone is 1. The van der Waals surface area contributed by atoms with Crippen molar-refractivity contribution >= 4 is 11.5 Å². The van der Waals surface area contributed by atoms with E-state index in [0.29, 0.717) is 11.5 Å². The molecule has 3 aromatic rings. The van der Waals surface area contributed by atoms with E-state index in [1.54, 1.807) is 24.4 Å². The second-order valence-corrected chi connectivity index (χ2v) is 6.66. The Morgan fingerprint density at radius 3 is 2.69 bits per heavy atom. The van der Waals surface area contributed by atoms with Crippen LogP contribution in [0.5, 0.6) is 0 Å². The van der Waals surface area contributed by atoms with Gasteiger partial charge in [0.25, 0.3) is 0 Å². The molecule has 0 aliphatic carbocycles. The van der Waals surface area contributed by atoms with Crippen molar-refractivity contribution in [2.75, 3.05) is 12.4 Å². The number of aromatic nitrogens is 4. The van der Waals surface area contributed by atoms with Crippen molar-refractivity contribution in [1.82, 2.24) is 30.0 Å². The van der Waals surface area contributed by atoms with Crippen LogP contribution in [0.15, 0.2) is 60.7 Å². The van der Waals surface area contributed by atoms with Gasteiger partial charge in [0.15, 0.2) is 11.5 Å². The second-order valence-electron chi connectivity index (χ2n) is 6.66. The fourth-order valence-corrected chi connectivity index (χ4v) is 2.91. The van der Waals surface area contributed by atoms with Crippen LogP contribution >= 0.6 is 0 Å². The lowest BCUT2D eigenvalue weighted by Gasteiger charge is -2.29. The number of halogens is 3. The summed E-state index contributed by atoms with van der Waals surface area (Å²) in [4.78, 5) is 12.1. The van der Waals surface area contributed by atoms with Gasteiger partial charge in [0, 0.05) is 18.6 Å². The maximum Gasteiger partial charge on any atom is 0.435 e. The highest BCUT2D eigenvalue weighted by Gasteiger charge is 2.39. The Morgan fingerprint density at radius 1 is 1.17 bits per heavy atom. The molecule has 3 aromatic heterocycles. The molecule has 10 heteroatoms. The summed E-state index contributed by atoms with van der Waals surface area (Å²) < 4.78 is 42.1. The Hall–Kier alpha value is -3.40. The maximum atomic E-state index is 13.6. The first-order valence-electron chi connectivity index (χ1n) is 8.80. The molecule has 0 radical (unpaired) electrons. The van der Waals surface area contributed by atoms with Gasteiger partial charge in [-0.1, -0.05) is 6.07 Å². The zero-order valence-electron chi connectivity index (χ0n) is 15.6. The van der Waals surface area contributed by atoms with E-state index in [1.165, 1.54) is 22.9 Å². The molecule has 0 aromatic carbocycles. The van der Waals surface area contributed by atoms with Crippen molar-refractivity contribution in [3.8, 4) is 11.5 Å². The first-order chi connectivity index (χ1) is 13.8. The molecule has 4 heterocycles. The van der Waals surface area contributed by atoms with E-state index in [0.717, 1.165) is 0 Å². The number of pyridine rings is 1. The Balaban J connectivity index is 1.71. The Labute approximate surface area is 164 Å². The van der Waals surface area contributed by atoms with Crippen molar-refractivity contribution in [3.05, 3.63) is 66.4 Å². The Bertz CT molecular complexity index is 1120. The summed E-state index contributed by atoms with van der Waals surface area (Å²) in [5.74, 6) is 0.286. The summed E-state index contributed by atoms with van der Waals surface area (Å²) >= 11 is 0. The fourth-order valence-electron chi connectivity index (χ4n) is 2.91. The average molecular weight is 401 g/mol. The summed E-state index contributed by atoms with van der Waals surface area (Å²) in [6, 6.07) is 6.34. The number of fused-ring (bicyclic) bond motifs is 1. The van der Waals surface area contributed by atoms with Crippen molar-refractivity contribution < 1.29 is 13.2 Å². The van der Waals surface area contributed by atoms with Crippen molar-refractivity contribution in [2.24, 2.45) is 0 Å². The smallest absolute Gasteiger partial charge is 0.368 e. The highest BCUT2D eigenvalue weighted by molar-refractivity contribution is 5.63. The van der Waals surface area contributed by atoms with E-state index < -0.39 is 11.9 Å². The molecule has 0 saturated carbocycles. The van der Waals surface area contributed by atoms with Crippen molar-refractivity contribution in [1.29, 1.82) is 0 Å². The molecule has 0 spiro atoms. The van der Waals surface area contributed by atoms with Crippen LogP contribution in [0.1, 0.15) is 12.6 Å². The molecule has 1 aliphatic heterocycles. The van der Waals surface area contributed by atoms with Gasteiger partial charge >= 0.3 is 6.18 Å². The lowest BCUT2D eigenvalue weighted by atomic mass is 10.1. The van der Waals surface area contributed by atoms with Gasteiger partial charge in [0.1, 0.15) is 22.8 Å². The van der Waals surface area contributed by atoms with Crippen LogP contribution in [-0.4, -0.2) is 32.1 Å². The van der Waals surface area contributed by atoms with Gasteiger partial charge in [-0.05, 0) is 44.3 Å². The molecule has 1 aliphatic rings. The van der Waals surface area contributed by atoms with Crippen LogP contribution in [0.3, 0.4) is 0 Å². The van der Waals surface area contributed by atoms with Crippen molar-refractivity contribution in [3.63, 3.8) is 0 Å². The Kier molecular flexibility index (Phi) is 4.50. The number of hydrogen-bond donors (Lipinski definition) is 3. The largest absolute Gasteiger partial charge is 0.435 e. The molecule has 29 heavy (non-hydrogen) atoms. The van der Waals surface area contributed by atoms with Crippen LogP contribution in [0.2, 0.25) is 0 Å². The summed E-state index contributed by atoms with van der Waals surface area (Å²) in [5, 5.41) is 9.37. The molecule has 7 nitrogen and oxygen atoms in total. The van der Waals surface area contributed by atoms with Gasteiger partial charge in [-0.25, -0.2) is 15.0 Å². The molecule has 1 unspecified atom stereocenters. The predicted octanol–water partition coefficient (Wildman–Crippen LogP) is 3.16. The first kappa shape index (κ1) is 18.9. The fraction of sp³-hybridized carbons (Fsp3) is 0.211. The summed E-state index contributed by atoms with van der Waals surface area (Å²) in [7, 11) is 1.83. The molecule has 150 valence electrons. The molecule has 0 amide bonds. The zero-order valence-corrected chi connectivity index (χ0v) is 15.6. The average Bonchev–Trinajstić information content (AvgIpc) is 3.10. The number of nitrogens with zero attached hydrogens (tertiary/aromatic N) is 4. The number of nitrogens with one attached hydrogen (secondary N) is 3. The van der Waals surface area contributed by atoms with Crippen LogP contribution in [0, 0.1) is 0 Å². The Morgan fingerprint density at radius 2 is 2.00 bits per heavy atom. The molecular weight excluding hydrogens is 383 g/mol. The van der Waals surface area contributed by atoms with Crippen LogP contribution < -0.4 is 16.0 Å². The van der Waals surface area contributed by atoms with Gasteiger partial charge in [-0.15, -0.1) is 0 Å². The number of alkyl halides is 3. The van der Waals surface area contributed by atoms with Crippen LogP contribution in [0.4, 0.5) is 19.0 Å². The quantitative estimate of drug-likeness (QED) is 0.623. The number of hydrogen-bond acceptors (Lipinski definition) is 6. The van der Waals surface area contributed by atoms with Crippen LogP contribution in [0.25, 0.3) is 17.2 Å². The van der Waals surface area contributed by atoms with Gasteiger partial charge in [-0.3, -0.25) is 9.72 Å². The van der Waals surface area contributed by atoms with Gasteiger partial charge in [-0.2, -0.15) is 13.2 Å². The summed E-state index contributed by atoms with van der Waals surface area (Å²) in [5.41, 5.74) is -0.725. The normalized spacial score (nSPS) is 19.1. The zero-order chi connectivity index (χ0) is 20.6. The molecule has 0 bridgehead atoms. The monoisotopic (exact) mass is 401 g/mol. The molecule has 4 rings (SSSR count). The number of imidazole rings is 1. The maximum absolute atomic E-state index is 13.6. The van der Waals surface area contributed by atoms with Crippen LogP contribution in [-0.2, 0) is 6.18 Å². The first-order valence-corrected chi connectivity index (χ1v) is 8.80. The lowest BCUT2D eigenvalue weighted by Crippen LogP contribution is -2.50. The molecular formula is C19H18F3N7. The molecule has 1 atom stereocenters. The third kappa shape index (κ3) is 3.66. The standard InChI is InChI=1S/C19H18F3N7/c1-18(23-2)8-6-12(11-25-18)26-13-7-9-24-17(27-13)15-16(19(20,21)22)28-14-5-3-4-10-29(14)15/h3-11,23,25H,1-2H3,(H,24,26,27). The van der Waals surface area contributed by atoms with E-state index in [2.05, 4.69) is 30.9 Å². The number of anilines is 1. The van der Waals surface area contributed by atoms with Gasteiger partial charge in [0.05, 0.1) is 5.70 Å². The highest BCUT2D eigenvalue weighted by atomic mass is 19.4. The predicted molar refractivity (Wildman–Crippen MR) is 103 cm³/mol. The van der Waals surface area contributed by atoms with E-state index in [4.69, 9.17) is 0 Å². The third-order valence-electron chi connectivity index (χ3n) is 4.58. The number of dihydropyridines is 1. The number of likely N-dealkylation sites (N-methyl/N-ethyl adjacent to an activating group) is 1. The minimum Gasteiger partial charge on any atom is -0.368 e. The summed E-state index contributed by atoms with van der Waals surface area (Å²) in [6.07, 6.45) is 3.81. The topological polar surface area (TPSA) is 79.2 Å². The SMILES string of the molecule is CNC1(C)C=CC(Nc2ccnc(-c3c(C(F)(F)F)nc4ccccn34)n2)=CN1. The van der Waals surface area contributed by atoms with E-state index in [9.17, 15) is 13.2 Å². The summed E-state index contributed by atoms with van der Waals surface area (Å²) in [6.45, 7) is 1.96. The second kappa shape index (κ2) is 6.89. The minimum absolute atomic E-state index is 0.0746. The molecule has 0 saturated heterocycles. The molecule has 3 N–H and O–H groups in total. The third-order valence-corrected chi connectivity index (χ3v) is 4.58. The van der Waals surface area contributed by atoms with Gasteiger partial charge in [0.2, 0.25) is 0 Å². The van der Waals surface area contributed by atoms with E-state index in [1.807, 2.05) is 26.1 Å². The highest BCUT2D eigenvalue weighted by Crippen LogP contribution is 2.36. The lowest BCUT2D eigenvalue weighted by molar-refractivity contribution is -0.140. The van der Waals surface area contributed by atoms with Gasteiger partial charge < -0.3 is 10.6 Å². The van der Waals surface area contributed by atoms with Crippen molar-refractivity contribution in [2.45, 2.75) is 18.8 Å².